The number of hydrogen-bond acceptors (Lipinski definition) is 3. The van der Waals surface area contributed by atoms with Crippen molar-refractivity contribution in [1.82, 2.24) is 14.6 Å². The van der Waals surface area contributed by atoms with E-state index in [9.17, 15) is 4.79 Å². The average molecular weight is 205 g/mol. The highest BCUT2D eigenvalue weighted by molar-refractivity contribution is 5.86. The SMILES string of the molecule is CC(C)c1cnn2c(C(=O)O)ccnc12. The summed E-state index contributed by atoms with van der Waals surface area (Å²) in [5.74, 6) is -0.722. The molecule has 0 fully saturated rings. The van der Waals surface area contributed by atoms with Crippen LogP contribution < -0.4 is 0 Å². The molecule has 0 aliphatic heterocycles. The summed E-state index contributed by atoms with van der Waals surface area (Å²) in [5, 5.41) is 13.0. The predicted octanol–water partition coefficient (Wildman–Crippen LogP) is 1.55. The number of hydrogen-bond donors (Lipinski definition) is 1. The molecule has 0 saturated heterocycles. The van der Waals surface area contributed by atoms with Gasteiger partial charge in [-0.25, -0.2) is 14.3 Å². The number of rotatable bonds is 2. The van der Waals surface area contributed by atoms with Gasteiger partial charge in [0.1, 0.15) is 0 Å². The molecule has 5 nitrogen and oxygen atoms in total. The Bertz CT molecular complexity index is 516. The lowest BCUT2D eigenvalue weighted by Gasteiger charge is -2.02. The number of carboxylic acid groups (broad SMARTS) is 1. The first-order chi connectivity index (χ1) is 7.11. The third kappa shape index (κ3) is 1.45. The summed E-state index contributed by atoms with van der Waals surface area (Å²) in [6.45, 7) is 4.04. The van der Waals surface area contributed by atoms with Gasteiger partial charge in [-0.2, -0.15) is 5.10 Å². The number of aromatic carboxylic acids is 1. The second-order valence-electron chi connectivity index (χ2n) is 3.63. The number of carbonyl (C=O) groups is 1. The number of nitrogens with zero attached hydrogens (tertiary/aromatic N) is 3. The maximum Gasteiger partial charge on any atom is 0.354 e. The van der Waals surface area contributed by atoms with Crippen molar-refractivity contribution in [3.63, 3.8) is 0 Å². The molecule has 2 aromatic rings. The number of carboxylic acids is 1. The molecule has 2 rings (SSSR count). The summed E-state index contributed by atoms with van der Waals surface area (Å²) in [7, 11) is 0. The van der Waals surface area contributed by atoms with Crippen LogP contribution in [0.5, 0.6) is 0 Å². The molecule has 0 amide bonds. The molecule has 0 aliphatic rings. The second-order valence-corrected chi connectivity index (χ2v) is 3.63. The molecule has 0 aromatic carbocycles. The monoisotopic (exact) mass is 205 g/mol. The fourth-order valence-corrected chi connectivity index (χ4v) is 1.48. The molecule has 0 spiro atoms. The topological polar surface area (TPSA) is 67.5 Å². The Morgan fingerprint density at radius 1 is 1.53 bits per heavy atom. The predicted molar refractivity (Wildman–Crippen MR) is 54.0 cm³/mol. The van der Waals surface area contributed by atoms with Crippen molar-refractivity contribution >= 4 is 11.6 Å². The van der Waals surface area contributed by atoms with Crippen molar-refractivity contribution in [3.8, 4) is 0 Å². The zero-order valence-electron chi connectivity index (χ0n) is 8.51. The van der Waals surface area contributed by atoms with Crippen molar-refractivity contribution in [3.05, 3.63) is 29.7 Å². The Hall–Kier alpha value is -1.91. The van der Waals surface area contributed by atoms with Crippen molar-refractivity contribution in [1.29, 1.82) is 0 Å². The molecule has 0 bridgehead atoms. The second kappa shape index (κ2) is 3.34. The molecule has 0 saturated carbocycles. The summed E-state index contributed by atoms with van der Waals surface area (Å²) in [6.07, 6.45) is 3.16. The largest absolute Gasteiger partial charge is 0.477 e. The molecule has 0 radical (unpaired) electrons. The Kier molecular flexibility index (Phi) is 2.15. The van der Waals surface area contributed by atoms with Crippen molar-refractivity contribution in [2.24, 2.45) is 0 Å². The van der Waals surface area contributed by atoms with Crippen molar-refractivity contribution < 1.29 is 9.90 Å². The minimum atomic E-state index is -0.999. The van der Waals surface area contributed by atoms with E-state index in [2.05, 4.69) is 10.1 Å². The van der Waals surface area contributed by atoms with Crippen molar-refractivity contribution in [2.75, 3.05) is 0 Å². The Labute approximate surface area is 86.4 Å². The first kappa shape index (κ1) is 9.64. The van der Waals surface area contributed by atoms with E-state index in [1.54, 1.807) is 6.20 Å². The summed E-state index contributed by atoms with van der Waals surface area (Å²) in [4.78, 5) is 15.0. The Morgan fingerprint density at radius 3 is 2.87 bits per heavy atom. The molecule has 0 atom stereocenters. The Morgan fingerprint density at radius 2 is 2.27 bits per heavy atom. The molecule has 5 heteroatoms. The highest BCUT2D eigenvalue weighted by Gasteiger charge is 2.14. The summed E-state index contributed by atoms with van der Waals surface area (Å²) in [5.41, 5.74) is 1.70. The zero-order chi connectivity index (χ0) is 11.0. The van der Waals surface area contributed by atoms with Gasteiger partial charge < -0.3 is 5.11 Å². The fourth-order valence-electron chi connectivity index (χ4n) is 1.48. The summed E-state index contributed by atoms with van der Waals surface area (Å²) in [6, 6.07) is 1.44. The molecular formula is C10H11N3O2. The van der Waals surface area contributed by atoms with E-state index in [1.807, 2.05) is 13.8 Å². The highest BCUT2D eigenvalue weighted by atomic mass is 16.4. The number of aromatic nitrogens is 3. The van der Waals surface area contributed by atoms with E-state index in [4.69, 9.17) is 5.11 Å². The van der Waals surface area contributed by atoms with Gasteiger partial charge in [0.2, 0.25) is 0 Å². The lowest BCUT2D eigenvalue weighted by Crippen LogP contribution is -2.07. The van der Waals surface area contributed by atoms with Gasteiger partial charge in [0.15, 0.2) is 11.3 Å². The highest BCUT2D eigenvalue weighted by Crippen LogP contribution is 2.18. The fraction of sp³-hybridized carbons (Fsp3) is 0.300. The van der Waals surface area contributed by atoms with Crippen LogP contribution in [0, 0.1) is 0 Å². The van der Waals surface area contributed by atoms with E-state index in [1.165, 1.54) is 16.8 Å². The van der Waals surface area contributed by atoms with E-state index < -0.39 is 5.97 Å². The maximum atomic E-state index is 10.9. The average Bonchev–Trinajstić information content (AvgIpc) is 2.59. The zero-order valence-corrected chi connectivity index (χ0v) is 8.51. The molecule has 0 unspecified atom stereocenters. The molecule has 1 N–H and O–H groups in total. The van der Waals surface area contributed by atoms with Crippen LogP contribution in [0.1, 0.15) is 35.8 Å². The molecular weight excluding hydrogens is 194 g/mol. The minimum absolute atomic E-state index is 0.131. The van der Waals surface area contributed by atoms with E-state index in [0.717, 1.165) is 5.56 Å². The van der Waals surface area contributed by atoms with Gasteiger partial charge in [0.05, 0.1) is 6.20 Å². The molecule has 15 heavy (non-hydrogen) atoms. The molecule has 2 heterocycles. The standard InChI is InChI=1S/C10H11N3O2/c1-6(2)7-5-12-13-8(10(14)15)3-4-11-9(7)13/h3-6H,1-2H3,(H,14,15). The van der Waals surface area contributed by atoms with Crippen LogP contribution >= 0.6 is 0 Å². The van der Waals surface area contributed by atoms with Gasteiger partial charge in [0.25, 0.3) is 0 Å². The van der Waals surface area contributed by atoms with Gasteiger partial charge in [0, 0.05) is 11.8 Å². The van der Waals surface area contributed by atoms with Crippen LogP contribution in [0.3, 0.4) is 0 Å². The van der Waals surface area contributed by atoms with E-state index in [-0.39, 0.29) is 11.6 Å². The van der Waals surface area contributed by atoms with Crippen LogP contribution in [-0.4, -0.2) is 25.7 Å². The van der Waals surface area contributed by atoms with Gasteiger partial charge in [-0.05, 0) is 12.0 Å². The van der Waals surface area contributed by atoms with Gasteiger partial charge in [-0.15, -0.1) is 0 Å². The van der Waals surface area contributed by atoms with Crippen LogP contribution in [0.25, 0.3) is 5.65 Å². The molecule has 78 valence electrons. The lowest BCUT2D eigenvalue weighted by atomic mass is 10.1. The third-order valence-electron chi connectivity index (χ3n) is 2.27. The van der Waals surface area contributed by atoms with Crippen LogP contribution in [0.2, 0.25) is 0 Å². The third-order valence-corrected chi connectivity index (χ3v) is 2.27. The number of fused-ring (bicyclic) bond motifs is 1. The molecule has 2 aromatic heterocycles. The molecule has 0 aliphatic carbocycles. The lowest BCUT2D eigenvalue weighted by molar-refractivity contribution is 0.0687. The summed E-state index contributed by atoms with van der Waals surface area (Å²) < 4.78 is 1.36. The summed E-state index contributed by atoms with van der Waals surface area (Å²) >= 11 is 0. The van der Waals surface area contributed by atoms with Crippen LogP contribution in [-0.2, 0) is 0 Å². The van der Waals surface area contributed by atoms with E-state index >= 15 is 0 Å². The minimum Gasteiger partial charge on any atom is -0.477 e. The van der Waals surface area contributed by atoms with E-state index in [0.29, 0.717) is 5.65 Å². The van der Waals surface area contributed by atoms with Gasteiger partial charge in [-0.1, -0.05) is 13.8 Å². The normalized spacial score (nSPS) is 11.1. The first-order valence-electron chi connectivity index (χ1n) is 4.67. The quantitative estimate of drug-likeness (QED) is 0.807. The smallest absolute Gasteiger partial charge is 0.354 e. The first-order valence-corrected chi connectivity index (χ1v) is 4.67. The maximum absolute atomic E-state index is 10.9. The van der Waals surface area contributed by atoms with Crippen LogP contribution in [0.4, 0.5) is 0 Å². The van der Waals surface area contributed by atoms with Crippen LogP contribution in [0.15, 0.2) is 18.5 Å². The van der Waals surface area contributed by atoms with Crippen molar-refractivity contribution in [2.45, 2.75) is 19.8 Å². The van der Waals surface area contributed by atoms with Gasteiger partial charge in [-0.3, -0.25) is 0 Å². The van der Waals surface area contributed by atoms with Gasteiger partial charge >= 0.3 is 5.97 Å². The Balaban J connectivity index is 2.74.